The molecule has 38 heavy (non-hydrogen) atoms. The number of aryl methyl sites for hydroxylation is 2. The standard InChI is InChI=1S/C29H26FN6O2/c1-16-10-26(35-36(16)3)31-25-13-23(33-34-28(25)38)18-6-9-22(30)24(12-18)32-27(37)17-4-7-21(8-5-17)29(2)14-19-11-20(19)15-29/h4-13H,14-15H2,1-3H3,(H,32,37)(H,34,38)(H,31,33,35). The van der Waals surface area contributed by atoms with Crippen LogP contribution in [0.5, 0.6) is 0 Å². The summed E-state index contributed by atoms with van der Waals surface area (Å²) >= 11 is 0. The second-order valence-electron chi connectivity index (χ2n) is 10.3. The molecular weight excluding hydrogens is 483 g/mol. The van der Waals surface area contributed by atoms with Crippen LogP contribution in [0.2, 0.25) is 0 Å². The molecule has 0 bridgehead atoms. The van der Waals surface area contributed by atoms with Crippen LogP contribution in [-0.4, -0.2) is 25.9 Å². The van der Waals surface area contributed by atoms with E-state index in [0.717, 1.165) is 18.5 Å². The van der Waals surface area contributed by atoms with Crippen LogP contribution < -0.4 is 16.2 Å². The summed E-state index contributed by atoms with van der Waals surface area (Å²) in [7, 11) is 1.81. The van der Waals surface area contributed by atoms with E-state index in [9.17, 15) is 14.0 Å². The molecule has 6 rings (SSSR count). The number of rotatable bonds is 6. The van der Waals surface area contributed by atoms with Gasteiger partial charge in [-0.05, 0) is 67.1 Å². The predicted octanol–water partition coefficient (Wildman–Crippen LogP) is 5.18. The quantitative estimate of drug-likeness (QED) is 0.332. The van der Waals surface area contributed by atoms with Crippen molar-refractivity contribution in [2.24, 2.45) is 7.05 Å². The summed E-state index contributed by atoms with van der Waals surface area (Å²) in [5.74, 6) is -0.472. The summed E-state index contributed by atoms with van der Waals surface area (Å²) in [4.78, 5) is 25.3. The molecule has 3 N–H and O–H groups in total. The number of anilines is 3. The lowest BCUT2D eigenvalue weighted by atomic mass is 9.77. The highest BCUT2D eigenvalue weighted by molar-refractivity contribution is 6.04. The first-order chi connectivity index (χ1) is 18.2. The number of benzene rings is 2. The van der Waals surface area contributed by atoms with E-state index >= 15 is 0 Å². The Morgan fingerprint density at radius 3 is 2.47 bits per heavy atom. The topological polar surface area (TPSA) is 105 Å². The van der Waals surface area contributed by atoms with E-state index in [2.05, 4.69) is 39.3 Å². The highest BCUT2D eigenvalue weighted by Crippen LogP contribution is 2.54. The normalized spacial score (nSPS) is 15.4. The third-order valence-corrected chi connectivity index (χ3v) is 7.37. The number of nitrogens with one attached hydrogen (secondary N) is 3. The summed E-state index contributed by atoms with van der Waals surface area (Å²) in [6.07, 6.45) is 4.31. The Hall–Kier alpha value is -4.53. The molecule has 0 spiro atoms. The Labute approximate surface area is 218 Å². The molecule has 0 fully saturated rings. The van der Waals surface area contributed by atoms with Gasteiger partial charge in [-0.25, -0.2) is 9.49 Å². The lowest BCUT2D eigenvalue weighted by molar-refractivity contribution is 0.102. The van der Waals surface area contributed by atoms with Gasteiger partial charge >= 0.3 is 0 Å². The Kier molecular flexibility index (Phi) is 5.52. The van der Waals surface area contributed by atoms with Crippen LogP contribution in [0.4, 0.5) is 21.6 Å². The SMILES string of the molecule is Cc1cc(Nc2cc(-c3ccc(F)c(NC(=O)c4ccc(C5(C)CC6=C([CH]6)C5)cc4)c3)n[nH]c2=O)nn1C. The molecule has 2 heterocycles. The molecular formula is C29H26FN6O2. The van der Waals surface area contributed by atoms with Gasteiger partial charge in [-0.2, -0.15) is 10.2 Å². The first-order valence-electron chi connectivity index (χ1n) is 12.3. The van der Waals surface area contributed by atoms with E-state index in [4.69, 9.17) is 0 Å². The van der Waals surface area contributed by atoms with Crippen molar-refractivity contribution in [2.45, 2.75) is 32.1 Å². The van der Waals surface area contributed by atoms with Crippen LogP contribution in [0.1, 0.15) is 41.4 Å². The van der Waals surface area contributed by atoms with Crippen LogP contribution in [0.15, 0.2) is 70.5 Å². The largest absolute Gasteiger partial charge is 0.334 e. The van der Waals surface area contributed by atoms with Gasteiger partial charge in [0.05, 0.1) is 11.4 Å². The van der Waals surface area contributed by atoms with Gasteiger partial charge < -0.3 is 10.6 Å². The number of hydrogen-bond donors (Lipinski definition) is 3. The van der Waals surface area contributed by atoms with Crippen LogP contribution in [0, 0.1) is 19.2 Å². The van der Waals surface area contributed by atoms with Crippen molar-refractivity contribution in [3.8, 4) is 11.3 Å². The highest BCUT2D eigenvalue weighted by Gasteiger charge is 2.42. The number of amides is 1. The number of nitrogens with zero attached hydrogens (tertiary/aromatic N) is 3. The Bertz CT molecular complexity index is 1650. The molecule has 2 aliphatic carbocycles. The molecule has 4 aromatic rings. The van der Waals surface area contributed by atoms with Crippen molar-refractivity contribution in [2.75, 3.05) is 10.6 Å². The molecule has 191 valence electrons. The fraction of sp³-hybridized carbons (Fsp3) is 0.207. The second-order valence-corrected chi connectivity index (χ2v) is 10.3. The average Bonchev–Trinajstić information content (AvgIpc) is 3.39. The van der Waals surface area contributed by atoms with Gasteiger partial charge in [-0.3, -0.25) is 14.3 Å². The van der Waals surface area contributed by atoms with E-state index in [-0.39, 0.29) is 16.8 Å². The molecule has 1 radical (unpaired) electrons. The summed E-state index contributed by atoms with van der Waals surface area (Å²) in [5, 5.41) is 16.5. The van der Waals surface area contributed by atoms with Gasteiger partial charge in [0.2, 0.25) is 0 Å². The number of carbonyl (C=O) groups is 1. The minimum atomic E-state index is -0.576. The van der Waals surface area contributed by atoms with Gasteiger partial charge in [0.25, 0.3) is 11.5 Å². The minimum Gasteiger partial charge on any atom is -0.334 e. The number of halogens is 1. The zero-order valence-electron chi connectivity index (χ0n) is 21.2. The smallest absolute Gasteiger partial charge is 0.287 e. The molecule has 2 aromatic heterocycles. The molecule has 8 nitrogen and oxygen atoms in total. The average molecular weight is 510 g/mol. The molecule has 0 aliphatic heterocycles. The first-order valence-corrected chi connectivity index (χ1v) is 12.3. The third-order valence-electron chi connectivity index (χ3n) is 7.37. The van der Waals surface area contributed by atoms with Crippen molar-refractivity contribution in [1.29, 1.82) is 0 Å². The van der Waals surface area contributed by atoms with E-state index in [1.807, 2.05) is 25.1 Å². The van der Waals surface area contributed by atoms with Crippen LogP contribution in [0.3, 0.4) is 0 Å². The maximum atomic E-state index is 14.7. The Morgan fingerprint density at radius 2 is 1.79 bits per heavy atom. The van der Waals surface area contributed by atoms with Crippen LogP contribution >= 0.6 is 0 Å². The number of allylic oxidation sites excluding steroid dienone is 2. The lowest BCUT2D eigenvalue weighted by Crippen LogP contribution is -2.20. The summed E-state index contributed by atoms with van der Waals surface area (Å²) < 4.78 is 16.4. The summed E-state index contributed by atoms with van der Waals surface area (Å²) in [5.41, 5.74) is 6.30. The number of hydrogen-bond acceptors (Lipinski definition) is 5. The second kappa shape index (κ2) is 8.79. The fourth-order valence-corrected chi connectivity index (χ4v) is 5.02. The zero-order chi connectivity index (χ0) is 26.6. The molecule has 0 saturated heterocycles. The van der Waals surface area contributed by atoms with Gasteiger partial charge in [-0.15, -0.1) is 0 Å². The van der Waals surface area contributed by atoms with Gasteiger partial charge in [0, 0.05) is 36.4 Å². The maximum absolute atomic E-state index is 14.7. The third kappa shape index (κ3) is 4.40. The molecule has 1 amide bonds. The molecule has 0 saturated carbocycles. The number of carbonyl (C=O) groups excluding carboxylic acids is 1. The summed E-state index contributed by atoms with van der Waals surface area (Å²) in [6.45, 7) is 4.14. The minimum absolute atomic E-state index is 0.0191. The molecule has 2 aromatic carbocycles. The van der Waals surface area contributed by atoms with Crippen molar-refractivity contribution in [3.05, 3.63) is 105 Å². The van der Waals surface area contributed by atoms with Crippen molar-refractivity contribution in [1.82, 2.24) is 20.0 Å². The van der Waals surface area contributed by atoms with Gasteiger partial charge in [0.1, 0.15) is 11.5 Å². The zero-order valence-corrected chi connectivity index (χ0v) is 21.2. The van der Waals surface area contributed by atoms with Gasteiger partial charge in [0.15, 0.2) is 5.82 Å². The van der Waals surface area contributed by atoms with Crippen LogP contribution in [0.25, 0.3) is 11.3 Å². The van der Waals surface area contributed by atoms with Crippen molar-refractivity contribution < 1.29 is 9.18 Å². The van der Waals surface area contributed by atoms with Gasteiger partial charge in [-0.1, -0.05) is 30.2 Å². The van der Waals surface area contributed by atoms with Crippen molar-refractivity contribution >= 4 is 23.1 Å². The predicted molar refractivity (Wildman–Crippen MR) is 144 cm³/mol. The Balaban J connectivity index is 1.20. The maximum Gasteiger partial charge on any atom is 0.287 e. The molecule has 2 aliphatic rings. The molecule has 9 heteroatoms. The van der Waals surface area contributed by atoms with E-state index in [1.54, 1.807) is 29.9 Å². The number of H-pyrrole nitrogens is 1. The molecule has 0 atom stereocenters. The summed E-state index contributed by atoms with van der Waals surface area (Å²) in [6, 6.07) is 15.2. The monoisotopic (exact) mass is 509 g/mol. The number of aromatic amines is 1. The van der Waals surface area contributed by atoms with Crippen LogP contribution in [-0.2, 0) is 12.5 Å². The van der Waals surface area contributed by atoms with Crippen molar-refractivity contribution in [3.63, 3.8) is 0 Å². The van der Waals surface area contributed by atoms with E-state index in [1.165, 1.54) is 34.9 Å². The lowest BCUT2D eigenvalue weighted by Gasteiger charge is -2.27. The van der Waals surface area contributed by atoms with E-state index in [0.29, 0.717) is 22.6 Å². The number of aromatic nitrogens is 4. The first kappa shape index (κ1) is 23.8. The molecule has 0 unspecified atom stereocenters. The fourth-order valence-electron chi connectivity index (χ4n) is 5.02. The van der Waals surface area contributed by atoms with E-state index < -0.39 is 17.3 Å². The highest BCUT2D eigenvalue weighted by atomic mass is 19.1. The Morgan fingerprint density at radius 1 is 1.05 bits per heavy atom.